The van der Waals surface area contributed by atoms with Crippen molar-refractivity contribution in [1.29, 1.82) is 0 Å². The highest BCUT2D eigenvalue weighted by atomic mass is 16.5. The number of rotatable bonds is 9. The van der Waals surface area contributed by atoms with Crippen LogP contribution in [0.5, 0.6) is 0 Å². The van der Waals surface area contributed by atoms with Crippen molar-refractivity contribution in [2.24, 2.45) is 11.7 Å². The first-order valence-electron chi connectivity index (χ1n) is 9.67. The average Bonchev–Trinajstić information content (AvgIpc) is 3.18. The molecule has 8 heteroatoms. The number of nitrogens with two attached hydrogens (primary N) is 1. The van der Waals surface area contributed by atoms with Gasteiger partial charge in [0.2, 0.25) is 5.91 Å². The van der Waals surface area contributed by atoms with Crippen LogP contribution in [0.2, 0.25) is 0 Å². The summed E-state index contributed by atoms with van der Waals surface area (Å²) in [6, 6.07) is 6.05. The summed E-state index contributed by atoms with van der Waals surface area (Å²) >= 11 is 0. The minimum absolute atomic E-state index is 0.273. The third kappa shape index (κ3) is 5.69. The summed E-state index contributed by atoms with van der Waals surface area (Å²) < 4.78 is 4.83. The molecular formula is C20H30N4O4. The largest absolute Gasteiger partial charge is 0.469 e. The summed E-state index contributed by atoms with van der Waals surface area (Å²) in [5.41, 5.74) is 6.86. The van der Waals surface area contributed by atoms with Crippen LogP contribution in [0, 0.1) is 5.92 Å². The zero-order valence-electron chi connectivity index (χ0n) is 16.5. The fourth-order valence-corrected chi connectivity index (χ4v) is 3.50. The molecule has 1 aromatic carbocycles. The molecule has 28 heavy (non-hydrogen) atoms. The van der Waals surface area contributed by atoms with E-state index in [1.165, 1.54) is 7.11 Å². The number of carbonyl (C=O) groups excluding carboxylic acids is 3. The first-order valence-corrected chi connectivity index (χ1v) is 9.67. The number of ether oxygens (including phenoxy) is 1. The molecule has 154 valence electrons. The van der Waals surface area contributed by atoms with E-state index < -0.39 is 6.04 Å². The number of esters is 1. The van der Waals surface area contributed by atoms with Crippen molar-refractivity contribution in [3.8, 4) is 0 Å². The van der Waals surface area contributed by atoms with Crippen molar-refractivity contribution in [2.45, 2.75) is 44.2 Å². The molecule has 1 saturated carbocycles. The molecule has 5 N–H and O–H groups in total. The maximum absolute atomic E-state index is 12.8. The summed E-state index contributed by atoms with van der Waals surface area (Å²) in [7, 11) is 3.12. The van der Waals surface area contributed by atoms with E-state index >= 15 is 0 Å². The SMILES string of the molecule is CNc1cccc(C(=O)NC(CCCN)C(=O)NC2CCCC2C(=O)OC)c1. The molecule has 8 nitrogen and oxygen atoms in total. The lowest BCUT2D eigenvalue weighted by Crippen LogP contribution is -2.51. The van der Waals surface area contributed by atoms with Gasteiger partial charge in [-0.15, -0.1) is 0 Å². The summed E-state index contributed by atoms with van der Waals surface area (Å²) in [5, 5.41) is 8.71. The lowest BCUT2D eigenvalue weighted by atomic mass is 10.0. The Morgan fingerprint density at radius 3 is 2.75 bits per heavy atom. The molecule has 2 amide bonds. The van der Waals surface area contributed by atoms with Gasteiger partial charge in [0.05, 0.1) is 13.0 Å². The predicted molar refractivity (Wildman–Crippen MR) is 107 cm³/mol. The quantitative estimate of drug-likeness (QED) is 0.467. The Hall–Kier alpha value is -2.61. The number of hydrogen-bond donors (Lipinski definition) is 4. The van der Waals surface area contributed by atoms with Crippen molar-refractivity contribution < 1.29 is 19.1 Å². The highest BCUT2D eigenvalue weighted by Crippen LogP contribution is 2.26. The maximum atomic E-state index is 12.8. The lowest BCUT2D eigenvalue weighted by molar-refractivity contribution is -0.146. The fourth-order valence-electron chi connectivity index (χ4n) is 3.50. The van der Waals surface area contributed by atoms with Gasteiger partial charge in [0.1, 0.15) is 6.04 Å². The summed E-state index contributed by atoms with van der Waals surface area (Å²) in [4.78, 5) is 37.3. The monoisotopic (exact) mass is 390 g/mol. The summed E-state index contributed by atoms with van der Waals surface area (Å²) in [5.74, 6) is -1.28. The van der Waals surface area contributed by atoms with Gasteiger partial charge in [0.15, 0.2) is 0 Å². The minimum Gasteiger partial charge on any atom is -0.469 e. The van der Waals surface area contributed by atoms with Crippen LogP contribution < -0.4 is 21.7 Å². The van der Waals surface area contributed by atoms with Crippen molar-refractivity contribution in [1.82, 2.24) is 10.6 Å². The second-order valence-corrected chi connectivity index (χ2v) is 6.96. The molecule has 0 aliphatic heterocycles. The van der Waals surface area contributed by atoms with Gasteiger partial charge < -0.3 is 26.4 Å². The number of anilines is 1. The van der Waals surface area contributed by atoms with Crippen LogP contribution >= 0.6 is 0 Å². The number of hydrogen-bond acceptors (Lipinski definition) is 6. The van der Waals surface area contributed by atoms with Gasteiger partial charge in [-0.2, -0.15) is 0 Å². The van der Waals surface area contributed by atoms with Gasteiger partial charge in [0.25, 0.3) is 5.91 Å². The van der Waals surface area contributed by atoms with Crippen molar-refractivity contribution >= 4 is 23.5 Å². The zero-order chi connectivity index (χ0) is 20.5. The molecule has 0 aromatic heterocycles. The molecule has 1 aliphatic carbocycles. The average molecular weight is 390 g/mol. The van der Waals surface area contributed by atoms with Gasteiger partial charge in [-0.3, -0.25) is 14.4 Å². The Labute approximate surface area is 165 Å². The number of methoxy groups -OCH3 is 1. The first kappa shape index (κ1) is 21.7. The van der Waals surface area contributed by atoms with E-state index in [2.05, 4.69) is 16.0 Å². The van der Waals surface area contributed by atoms with E-state index in [4.69, 9.17) is 10.5 Å². The van der Waals surface area contributed by atoms with Crippen LogP contribution in [0.15, 0.2) is 24.3 Å². The molecule has 3 atom stereocenters. The van der Waals surface area contributed by atoms with Gasteiger partial charge in [0, 0.05) is 24.3 Å². The van der Waals surface area contributed by atoms with E-state index in [0.717, 1.165) is 12.1 Å². The Kier molecular flexibility index (Phi) is 8.25. The van der Waals surface area contributed by atoms with Crippen LogP contribution in [0.1, 0.15) is 42.5 Å². The standard InChI is InChI=1S/C20H30N4O4/c1-22-14-7-3-6-13(12-14)18(25)24-17(10-5-11-21)19(26)23-16-9-4-8-15(16)20(27)28-2/h3,6-7,12,15-17,22H,4-5,8-11,21H2,1-2H3,(H,23,26)(H,24,25). The molecule has 1 fully saturated rings. The van der Waals surface area contributed by atoms with Gasteiger partial charge in [-0.25, -0.2) is 0 Å². The number of amides is 2. The third-order valence-corrected chi connectivity index (χ3v) is 5.08. The smallest absolute Gasteiger partial charge is 0.310 e. The molecule has 1 aliphatic rings. The van der Waals surface area contributed by atoms with E-state index in [1.807, 2.05) is 6.07 Å². The Bertz CT molecular complexity index is 695. The Morgan fingerprint density at radius 1 is 1.29 bits per heavy atom. The molecule has 2 rings (SSSR count). The molecule has 0 saturated heterocycles. The summed E-state index contributed by atoms with van der Waals surface area (Å²) in [6.45, 7) is 0.420. The van der Waals surface area contributed by atoms with E-state index in [9.17, 15) is 14.4 Å². The molecule has 0 bridgehead atoms. The van der Waals surface area contributed by atoms with Crippen LogP contribution in [0.25, 0.3) is 0 Å². The first-order chi connectivity index (χ1) is 13.5. The normalized spacial score (nSPS) is 19.5. The van der Waals surface area contributed by atoms with Gasteiger partial charge in [-0.05, 0) is 50.4 Å². The molecule has 3 unspecified atom stereocenters. The zero-order valence-corrected chi connectivity index (χ0v) is 16.5. The van der Waals surface area contributed by atoms with Crippen LogP contribution in [-0.4, -0.2) is 50.6 Å². The van der Waals surface area contributed by atoms with Crippen molar-refractivity contribution in [3.05, 3.63) is 29.8 Å². The molecule has 1 aromatic rings. The van der Waals surface area contributed by atoms with E-state index in [1.54, 1.807) is 25.2 Å². The fraction of sp³-hybridized carbons (Fsp3) is 0.550. The van der Waals surface area contributed by atoms with Gasteiger partial charge in [-0.1, -0.05) is 12.5 Å². The Balaban J connectivity index is 2.05. The van der Waals surface area contributed by atoms with Gasteiger partial charge >= 0.3 is 5.97 Å². The number of benzene rings is 1. The highest BCUT2D eigenvalue weighted by Gasteiger charge is 2.36. The summed E-state index contributed by atoms with van der Waals surface area (Å²) in [6.07, 6.45) is 3.28. The highest BCUT2D eigenvalue weighted by molar-refractivity contribution is 5.98. The molecule has 0 heterocycles. The van der Waals surface area contributed by atoms with Crippen LogP contribution in [0.3, 0.4) is 0 Å². The molecule has 0 radical (unpaired) electrons. The maximum Gasteiger partial charge on any atom is 0.310 e. The lowest BCUT2D eigenvalue weighted by Gasteiger charge is -2.24. The predicted octanol–water partition coefficient (Wildman–Crippen LogP) is 1.02. The van der Waals surface area contributed by atoms with E-state index in [0.29, 0.717) is 37.8 Å². The van der Waals surface area contributed by atoms with Crippen molar-refractivity contribution in [2.75, 3.05) is 26.0 Å². The van der Waals surface area contributed by atoms with Crippen molar-refractivity contribution in [3.63, 3.8) is 0 Å². The van der Waals surface area contributed by atoms with Crippen LogP contribution in [-0.2, 0) is 14.3 Å². The number of carbonyl (C=O) groups is 3. The molecule has 0 spiro atoms. The van der Waals surface area contributed by atoms with Crippen LogP contribution in [0.4, 0.5) is 5.69 Å². The topological polar surface area (TPSA) is 123 Å². The Morgan fingerprint density at radius 2 is 2.07 bits per heavy atom. The second kappa shape index (κ2) is 10.7. The van der Waals surface area contributed by atoms with E-state index in [-0.39, 0.29) is 29.7 Å². The molecular weight excluding hydrogens is 360 g/mol. The second-order valence-electron chi connectivity index (χ2n) is 6.96. The number of nitrogens with one attached hydrogen (secondary N) is 3. The third-order valence-electron chi connectivity index (χ3n) is 5.08. The minimum atomic E-state index is -0.715.